The quantitative estimate of drug-likeness (QED) is 0.525. The van der Waals surface area contributed by atoms with Crippen molar-refractivity contribution >= 4 is 31.9 Å². The van der Waals surface area contributed by atoms with E-state index in [1.807, 2.05) is 24.3 Å². The van der Waals surface area contributed by atoms with E-state index in [1.54, 1.807) is 24.3 Å². The van der Waals surface area contributed by atoms with Gasteiger partial charge in [-0.3, -0.25) is 4.79 Å². The Kier molecular flexibility index (Phi) is 7.09. The number of benzene rings is 2. The third-order valence-electron chi connectivity index (χ3n) is 4.26. The summed E-state index contributed by atoms with van der Waals surface area (Å²) in [4.78, 5) is 12.2. The predicted molar refractivity (Wildman–Crippen MR) is 111 cm³/mol. The van der Waals surface area contributed by atoms with Crippen LogP contribution in [0.25, 0.3) is 0 Å². The van der Waals surface area contributed by atoms with Crippen molar-refractivity contribution in [1.82, 2.24) is 10.0 Å². The maximum atomic E-state index is 12.1. The van der Waals surface area contributed by atoms with Crippen LogP contribution >= 0.6 is 15.9 Å². The Morgan fingerprint density at radius 1 is 1.11 bits per heavy atom. The highest BCUT2D eigenvalue weighted by atomic mass is 79.9. The van der Waals surface area contributed by atoms with Crippen molar-refractivity contribution in [2.75, 3.05) is 6.61 Å². The monoisotopic (exact) mass is 466 g/mol. The lowest BCUT2D eigenvalue weighted by Gasteiger charge is -2.09. The number of carbonyl (C=O) groups is 1. The topological polar surface area (TPSA) is 84.5 Å². The number of halogens is 1. The van der Waals surface area contributed by atoms with E-state index in [0.29, 0.717) is 26.0 Å². The largest absolute Gasteiger partial charge is 0.492 e. The van der Waals surface area contributed by atoms with Gasteiger partial charge in [0.15, 0.2) is 0 Å². The van der Waals surface area contributed by atoms with E-state index in [2.05, 4.69) is 26.0 Å². The Labute approximate surface area is 173 Å². The van der Waals surface area contributed by atoms with Crippen molar-refractivity contribution in [2.45, 2.75) is 43.2 Å². The Morgan fingerprint density at radius 3 is 2.50 bits per heavy atom. The zero-order valence-electron chi connectivity index (χ0n) is 15.4. The van der Waals surface area contributed by atoms with Gasteiger partial charge in [-0.25, -0.2) is 13.1 Å². The number of hydrogen-bond donors (Lipinski definition) is 2. The highest BCUT2D eigenvalue weighted by Gasteiger charge is 2.27. The van der Waals surface area contributed by atoms with Gasteiger partial charge < -0.3 is 10.1 Å². The first-order chi connectivity index (χ1) is 13.4. The molecule has 0 radical (unpaired) electrons. The summed E-state index contributed by atoms with van der Waals surface area (Å²) in [6.07, 6.45) is 2.77. The molecule has 0 aromatic heterocycles. The fourth-order valence-electron chi connectivity index (χ4n) is 2.54. The van der Waals surface area contributed by atoms with Gasteiger partial charge in [0, 0.05) is 19.0 Å². The predicted octanol–water partition coefficient (Wildman–Crippen LogP) is 3.37. The summed E-state index contributed by atoms with van der Waals surface area (Å²) in [6.45, 7) is 0.816. The minimum atomic E-state index is -3.44. The molecule has 1 aliphatic carbocycles. The van der Waals surface area contributed by atoms with Crippen molar-refractivity contribution in [3.05, 3.63) is 58.6 Å². The molecule has 1 amide bonds. The Hall–Kier alpha value is -1.90. The normalized spacial score (nSPS) is 13.9. The SMILES string of the molecule is O=C(CCCOc1ccccc1Br)NCc1ccc(S(=O)(=O)NC2CC2)cc1. The number of hydrogen-bond acceptors (Lipinski definition) is 4. The van der Waals surface area contributed by atoms with Crippen LogP contribution in [0.5, 0.6) is 5.75 Å². The van der Waals surface area contributed by atoms with Crippen LogP contribution in [0.3, 0.4) is 0 Å². The van der Waals surface area contributed by atoms with Gasteiger partial charge in [0.2, 0.25) is 15.9 Å². The standard InChI is InChI=1S/C20H23BrN2O4S/c21-18-4-1-2-5-19(18)27-13-3-6-20(24)22-14-15-7-11-17(12-8-15)28(25,26)23-16-9-10-16/h1-2,4-5,7-8,11-12,16,23H,3,6,9-10,13-14H2,(H,22,24). The number of para-hydroxylation sites is 1. The van der Waals surface area contributed by atoms with Crippen molar-refractivity contribution in [2.24, 2.45) is 0 Å². The van der Waals surface area contributed by atoms with E-state index in [4.69, 9.17) is 4.74 Å². The van der Waals surface area contributed by atoms with E-state index in [0.717, 1.165) is 28.6 Å². The van der Waals surface area contributed by atoms with E-state index in [9.17, 15) is 13.2 Å². The van der Waals surface area contributed by atoms with Crippen LogP contribution in [0.1, 0.15) is 31.2 Å². The molecule has 0 unspecified atom stereocenters. The molecule has 2 N–H and O–H groups in total. The number of rotatable bonds is 10. The van der Waals surface area contributed by atoms with Gasteiger partial charge >= 0.3 is 0 Å². The molecule has 1 fully saturated rings. The summed E-state index contributed by atoms with van der Waals surface area (Å²) >= 11 is 3.41. The third-order valence-corrected chi connectivity index (χ3v) is 6.46. The molecule has 2 aromatic carbocycles. The van der Waals surface area contributed by atoms with Crippen molar-refractivity contribution in [3.63, 3.8) is 0 Å². The summed E-state index contributed by atoms with van der Waals surface area (Å²) < 4.78 is 33.4. The lowest BCUT2D eigenvalue weighted by Crippen LogP contribution is -2.26. The zero-order chi connectivity index (χ0) is 20.0. The van der Waals surface area contributed by atoms with Crippen molar-refractivity contribution < 1.29 is 17.9 Å². The summed E-state index contributed by atoms with van der Waals surface area (Å²) in [5.74, 6) is 0.692. The Morgan fingerprint density at radius 2 is 1.82 bits per heavy atom. The van der Waals surface area contributed by atoms with Gasteiger partial charge in [0.05, 0.1) is 16.0 Å². The molecule has 1 saturated carbocycles. The summed E-state index contributed by atoms with van der Waals surface area (Å²) in [7, 11) is -3.44. The average Bonchev–Trinajstić information content (AvgIpc) is 3.48. The first-order valence-electron chi connectivity index (χ1n) is 9.19. The molecule has 1 aliphatic rings. The van der Waals surface area contributed by atoms with Crippen LogP contribution in [0.4, 0.5) is 0 Å². The number of nitrogens with one attached hydrogen (secondary N) is 2. The van der Waals surface area contributed by atoms with Crippen molar-refractivity contribution in [3.8, 4) is 5.75 Å². The van der Waals surface area contributed by atoms with E-state index in [1.165, 1.54) is 0 Å². The molecule has 0 aliphatic heterocycles. The average molecular weight is 467 g/mol. The van der Waals surface area contributed by atoms with Crippen LogP contribution in [0, 0.1) is 0 Å². The third kappa shape index (κ3) is 6.32. The fourth-order valence-corrected chi connectivity index (χ4v) is 4.25. The second kappa shape index (κ2) is 9.54. The summed E-state index contributed by atoms with van der Waals surface area (Å²) in [5, 5.41) is 2.84. The van der Waals surface area contributed by atoms with Crippen LogP contribution in [0.15, 0.2) is 57.9 Å². The first-order valence-corrected chi connectivity index (χ1v) is 11.5. The number of amides is 1. The first kappa shape index (κ1) is 20.8. The highest BCUT2D eigenvalue weighted by Crippen LogP contribution is 2.24. The molecule has 0 atom stereocenters. The second-order valence-electron chi connectivity index (χ2n) is 6.70. The van der Waals surface area contributed by atoms with Gasteiger partial charge in [-0.1, -0.05) is 24.3 Å². The maximum Gasteiger partial charge on any atom is 0.240 e. The van der Waals surface area contributed by atoms with Gasteiger partial charge in [-0.05, 0) is 65.0 Å². The molecule has 6 nitrogen and oxygen atoms in total. The van der Waals surface area contributed by atoms with Gasteiger partial charge in [-0.2, -0.15) is 0 Å². The van der Waals surface area contributed by atoms with Gasteiger partial charge in [0.1, 0.15) is 5.75 Å². The van der Waals surface area contributed by atoms with E-state index >= 15 is 0 Å². The second-order valence-corrected chi connectivity index (χ2v) is 9.27. The van der Waals surface area contributed by atoms with Gasteiger partial charge in [-0.15, -0.1) is 0 Å². The fraction of sp³-hybridized carbons (Fsp3) is 0.350. The highest BCUT2D eigenvalue weighted by molar-refractivity contribution is 9.10. The van der Waals surface area contributed by atoms with E-state index < -0.39 is 10.0 Å². The van der Waals surface area contributed by atoms with Crippen LogP contribution in [-0.4, -0.2) is 27.0 Å². The molecule has 0 heterocycles. The molecular formula is C20H23BrN2O4S. The van der Waals surface area contributed by atoms with Crippen LogP contribution in [0.2, 0.25) is 0 Å². The van der Waals surface area contributed by atoms with Crippen molar-refractivity contribution in [1.29, 1.82) is 0 Å². The number of carbonyl (C=O) groups excluding carboxylic acids is 1. The molecule has 28 heavy (non-hydrogen) atoms. The lowest BCUT2D eigenvalue weighted by atomic mass is 10.2. The summed E-state index contributed by atoms with van der Waals surface area (Å²) in [5.41, 5.74) is 0.850. The molecular weight excluding hydrogens is 444 g/mol. The molecule has 150 valence electrons. The van der Waals surface area contributed by atoms with Gasteiger partial charge in [0.25, 0.3) is 0 Å². The zero-order valence-corrected chi connectivity index (χ0v) is 17.8. The minimum Gasteiger partial charge on any atom is -0.492 e. The molecule has 2 aromatic rings. The van der Waals surface area contributed by atoms with E-state index in [-0.39, 0.29) is 16.8 Å². The lowest BCUT2D eigenvalue weighted by molar-refractivity contribution is -0.121. The molecule has 0 saturated heterocycles. The number of ether oxygens (including phenoxy) is 1. The molecule has 3 rings (SSSR count). The summed E-state index contributed by atoms with van der Waals surface area (Å²) in [6, 6.07) is 14.2. The number of sulfonamides is 1. The smallest absolute Gasteiger partial charge is 0.240 e. The molecule has 0 bridgehead atoms. The molecule has 8 heteroatoms. The minimum absolute atomic E-state index is 0.0668. The Balaban J connectivity index is 1.37. The Bertz CT molecular complexity index is 912. The van der Waals surface area contributed by atoms with Crippen LogP contribution in [-0.2, 0) is 21.4 Å². The molecule has 0 spiro atoms. The maximum absolute atomic E-state index is 12.1. The van der Waals surface area contributed by atoms with Crippen LogP contribution < -0.4 is 14.8 Å².